The van der Waals surface area contributed by atoms with Crippen molar-refractivity contribution in [2.75, 3.05) is 37.7 Å². The number of para-hydroxylation sites is 1. The maximum Gasteiger partial charge on any atom is 0.326 e. The minimum Gasteiger partial charge on any atom is -0.480 e. The van der Waals surface area contributed by atoms with E-state index in [-0.39, 0.29) is 54.8 Å². The van der Waals surface area contributed by atoms with Crippen LogP contribution in [-0.2, 0) is 26.4 Å². The Morgan fingerprint density at radius 3 is 2.76 bits per heavy atom. The molecule has 0 radical (unpaired) electrons. The molecule has 11 nitrogen and oxygen atoms in total. The van der Waals surface area contributed by atoms with E-state index in [0.717, 1.165) is 5.39 Å². The molecule has 1 amide bonds. The van der Waals surface area contributed by atoms with E-state index in [0.29, 0.717) is 67.2 Å². The molecule has 1 N–H and O–H groups in total. The number of hydrogen-bond acceptors (Lipinski definition) is 9. The van der Waals surface area contributed by atoms with E-state index in [1.807, 2.05) is 24.3 Å². The Balaban J connectivity index is 1.30. The lowest BCUT2D eigenvalue weighted by atomic mass is 9.78. The van der Waals surface area contributed by atoms with Gasteiger partial charge in [-0.2, -0.15) is 0 Å². The number of aryl methyl sites for hydroxylation is 1. The summed E-state index contributed by atoms with van der Waals surface area (Å²) in [5.74, 6) is -0.675. The molecular formula is C33H35ClFN5O6. The van der Waals surface area contributed by atoms with Crippen LogP contribution in [0.1, 0.15) is 50.4 Å². The second-order valence-electron chi connectivity index (χ2n) is 12.4. The number of hydrogen-bond donors (Lipinski definition) is 1. The van der Waals surface area contributed by atoms with Gasteiger partial charge in [-0.3, -0.25) is 4.79 Å². The Kier molecular flexibility index (Phi) is 8.18. The second-order valence-corrected chi connectivity index (χ2v) is 12.8. The zero-order chi connectivity index (χ0) is 32.0. The van der Waals surface area contributed by atoms with Crippen molar-refractivity contribution in [3.05, 3.63) is 52.9 Å². The molecule has 2 fully saturated rings. The summed E-state index contributed by atoms with van der Waals surface area (Å²) in [5.41, 5.74) is -0.0502. The van der Waals surface area contributed by atoms with Crippen LogP contribution in [0, 0.1) is 5.92 Å². The first kappa shape index (κ1) is 30.6. The van der Waals surface area contributed by atoms with Gasteiger partial charge in [0.1, 0.15) is 34.7 Å². The molecule has 0 saturated carbocycles. The smallest absolute Gasteiger partial charge is 0.326 e. The molecule has 0 unspecified atom stereocenters. The summed E-state index contributed by atoms with van der Waals surface area (Å²) >= 11 is 6.33. The van der Waals surface area contributed by atoms with Gasteiger partial charge in [-0.1, -0.05) is 30.7 Å². The normalized spacial score (nSPS) is 26.2. The maximum atomic E-state index is 17.0. The number of benzene rings is 1. The fourth-order valence-corrected chi connectivity index (χ4v) is 7.07. The number of anilines is 1. The topological polar surface area (TPSA) is 131 Å². The highest BCUT2D eigenvalue weighted by molar-refractivity contribution is 6.30. The number of pyridine rings is 1. The highest BCUT2D eigenvalue weighted by Crippen LogP contribution is 2.46. The molecule has 0 aliphatic carbocycles. The molecule has 4 atom stereocenters. The highest BCUT2D eigenvalue weighted by atomic mass is 35.5. The summed E-state index contributed by atoms with van der Waals surface area (Å²) in [4.78, 5) is 43.1. The first-order valence-electron chi connectivity index (χ1n) is 15.8. The van der Waals surface area contributed by atoms with Crippen LogP contribution in [0.5, 0.6) is 5.88 Å². The van der Waals surface area contributed by atoms with Crippen molar-refractivity contribution in [3.63, 3.8) is 0 Å². The average molecular weight is 652 g/mol. The largest absolute Gasteiger partial charge is 0.480 e. The number of nitrogens with zero attached hydrogens (tertiary/aromatic N) is 5. The number of carbonyl (C=O) groups excluding carboxylic acids is 1. The number of rotatable bonds is 1. The molecule has 46 heavy (non-hydrogen) atoms. The van der Waals surface area contributed by atoms with Gasteiger partial charge in [-0.05, 0) is 31.0 Å². The van der Waals surface area contributed by atoms with Crippen molar-refractivity contribution < 1.29 is 33.0 Å². The summed E-state index contributed by atoms with van der Waals surface area (Å²) < 4.78 is 35.4. The summed E-state index contributed by atoms with van der Waals surface area (Å²) in [5, 5.41) is 11.4. The predicted molar refractivity (Wildman–Crippen MR) is 168 cm³/mol. The fraction of sp³-hybridized carbons (Fsp3) is 0.485. The predicted octanol–water partition coefficient (Wildman–Crippen LogP) is 5.31. The number of carbonyl (C=O) groups is 2. The van der Waals surface area contributed by atoms with Crippen LogP contribution in [0.3, 0.4) is 0 Å². The number of fused-ring (bicyclic) bond motifs is 12. The number of aromatic nitrogens is 3. The van der Waals surface area contributed by atoms with E-state index in [2.05, 4.69) is 4.98 Å². The van der Waals surface area contributed by atoms with Crippen LogP contribution >= 0.6 is 11.6 Å². The summed E-state index contributed by atoms with van der Waals surface area (Å²) in [7, 11) is 0. The van der Waals surface area contributed by atoms with E-state index in [4.69, 9.17) is 35.5 Å². The van der Waals surface area contributed by atoms with E-state index >= 15 is 4.39 Å². The Bertz CT molecular complexity index is 1800. The fourth-order valence-electron chi connectivity index (χ4n) is 6.91. The van der Waals surface area contributed by atoms with Gasteiger partial charge >= 0.3 is 5.97 Å². The number of alkyl halides is 1. The number of halogens is 2. The van der Waals surface area contributed by atoms with Crippen molar-refractivity contribution in [1.82, 2.24) is 19.9 Å². The van der Waals surface area contributed by atoms with Crippen LogP contribution < -0.4 is 9.64 Å². The van der Waals surface area contributed by atoms with Crippen molar-refractivity contribution in [1.29, 1.82) is 0 Å². The number of furan rings is 1. The van der Waals surface area contributed by atoms with Gasteiger partial charge in [0.25, 0.3) is 0 Å². The second kappa shape index (κ2) is 12.3. The third-order valence-corrected chi connectivity index (χ3v) is 9.56. The lowest BCUT2D eigenvalue weighted by Crippen LogP contribution is -2.49. The first-order chi connectivity index (χ1) is 22.2. The van der Waals surface area contributed by atoms with Crippen LogP contribution in [0.4, 0.5) is 10.2 Å². The van der Waals surface area contributed by atoms with Gasteiger partial charge in [-0.15, -0.1) is 0 Å². The van der Waals surface area contributed by atoms with Crippen LogP contribution in [0.15, 0.2) is 40.9 Å². The lowest BCUT2D eigenvalue weighted by molar-refractivity contribution is -0.139. The van der Waals surface area contributed by atoms with E-state index < -0.39 is 29.7 Å². The Morgan fingerprint density at radius 1 is 1.15 bits per heavy atom. The van der Waals surface area contributed by atoms with Crippen LogP contribution in [-0.4, -0.2) is 81.8 Å². The molecule has 1 aromatic carbocycles. The molecule has 0 spiro atoms. The molecule has 8 rings (SSSR count). The van der Waals surface area contributed by atoms with E-state index in [9.17, 15) is 14.7 Å². The Hall–Kier alpha value is -4.03. The SMILES string of the molecule is C[C@H]1CN2CC[C@]1(F)c1cc(Cl)cnc1O[C@H]1C[C@@H](C(=O)O)N(C1)c1nc(nc3c1oc1ccccc13)CCCOCCCC2=O. The van der Waals surface area contributed by atoms with Gasteiger partial charge in [0.15, 0.2) is 11.4 Å². The lowest BCUT2D eigenvalue weighted by Gasteiger charge is -2.42. The standard InChI is InChI=1S/C33H35ClFN5O6/c1-19-17-39-11-10-33(19,35)23-14-20(34)16-36-31(23)45-21-15-24(32(42)43)40(18-21)30-29-28(22-6-2-3-7-25(22)46-29)37-26(38-30)8-4-12-44-13-5-9-27(39)41/h2-3,6-7,14,16,19,21,24H,4-5,8-13,15,17-18H2,1H3,(H,42,43)/t19-,21-,24-,33+/m0/s1. The third-order valence-electron chi connectivity index (χ3n) is 9.35. The van der Waals surface area contributed by atoms with Crippen molar-refractivity contribution in [2.24, 2.45) is 5.92 Å². The monoisotopic (exact) mass is 651 g/mol. The number of amides is 1. The average Bonchev–Trinajstić information content (AvgIpc) is 3.64. The maximum absolute atomic E-state index is 17.0. The molecule has 3 aromatic heterocycles. The van der Waals surface area contributed by atoms with Gasteiger partial charge in [-0.25, -0.2) is 24.1 Å². The molecule has 4 aliphatic rings. The van der Waals surface area contributed by atoms with Crippen molar-refractivity contribution >= 4 is 51.4 Å². The zero-order valence-corrected chi connectivity index (χ0v) is 26.2. The number of carboxylic acids is 1. The number of ether oxygens (including phenoxy) is 2. The molecule has 4 aromatic rings. The minimum absolute atomic E-state index is 0.0311. The van der Waals surface area contributed by atoms with E-state index in [1.165, 1.54) is 12.3 Å². The number of piperidine rings is 1. The van der Waals surface area contributed by atoms with Crippen molar-refractivity contribution in [2.45, 2.75) is 63.3 Å². The zero-order valence-electron chi connectivity index (χ0n) is 25.5. The van der Waals surface area contributed by atoms with Gasteiger partial charge in [0, 0.05) is 69.5 Å². The molecule has 7 heterocycles. The minimum atomic E-state index is -1.86. The Labute approximate surface area is 269 Å². The molecule has 2 saturated heterocycles. The summed E-state index contributed by atoms with van der Waals surface area (Å²) in [6, 6.07) is 8.04. The third kappa shape index (κ3) is 5.62. The Morgan fingerprint density at radius 2 is 1.96 bits per heavy atom. The van der Waals surface area contributed by atoms with Crippen LogP contribution in [0.25, 0.3) is 22.1 Å². The number of carboxylic acid groups (broad SMARTS) is 1. The van der Waals surface area contributed by atoms with Gasteiger partial charge < -0.3 is 28.8 Å². The first-order valence-corrected chi connectivity index (χ1v) is 16.1. The van der Waals surface area contributed by atoms with Gasteiger partial charge in [0.05, 0.1) is 17.1 Å². The van der Waals surface area contributed by atoms with Gasteiger partial charge in [0.2, 0.25) is 11.8 Å². The number of aliphatic carboxylic acids is 1. The molecule has 6 bridgehead atoms. The molecule has 242 valence electrons. The summed E-state index contributed by atoms with van der Waals surface area (Å²) in [6.45, 7) is 3.27. The van der Waals surface area contributed by atoms with Crippen molar-refractivity contribution in [3.8, 4) is 5.88 Å². The quantitative estimate of drug-likeness (QED) is 0.289. The highest BCUT2D eigenvalue weighted by Gasteiger charge is 2.47. The van der Waals surface area contributed by atoms with Crippen LogP contribution in [0.2, 0.25) is 5.02 Å². The molecule has 4 aliphatic heterocycles. The van der Waals surface area contributed by atoms with E-state index in [1.54, 1.807) is 16.7 Å². The summed E-state index contributed by atoms with van der Waals surface area (Å²) in [6.07, 6.45) is 2.90. The molecular weight excluding hydrogens is 617 g/mol. The molecule has 13 heteroatoms.